The fourth-order valence-electron chi connectivity index (χ4n) is 1.25. The van der Waals surface area contributed by atoms with Crippen LogP contribution >= 0.6 is 0 Å². The molecule has 0 aliphatic rings. The molecule has 14 heavy (non-hydrogen) atoms. The molecule has 0 saturated carbocycles. The monoisotopic (exact) mass is 193 g/mol. The number of aromatic amines is 1. The van der Waals surface area contributed by atoms with Crippen LogP contribution in [-0.4, -0.2) is 22.0 Å². The third-order valence-electron chi connectivity index (χ3n) is 1.93. The maximum atomic E-state index is 10.6. The van der Waals surface area contributed by atoms with E-state index < -0.39 is 4.92 Å². The average molecular weight is 193 g/mol. The smallest absolute Gasteiger partial charge is 0.296 e. The van der Waals surface area contributed by atoms with Gasteiger partial charge in [-0.05, 0) is 0 Å². The molecule has 72 valence electrons. The van der Waals surface area contributed by atoms with Crippen molar-refractivity contribution < 1.29 is 9.66 Å². The van der Waals surface area contributed by atoms with Crippen LogP contribution in [0.5, 0.6) is 5.88 Å². The highest BCUT2D eigenvalue weighted by molar-refractivity contribution is 5.88. The number of nitrogens with zero attached hydrogens (tertiary/aromatic N) is 2. The number of hydrogen-bond donors (Lipinski definition) is 1. The number of nitro groups is 1. The summed E-state index contributed by atoms with van der Waals surface area (Å²) >= 11 is 0. The fraction of sp³-hybridized carbons (Fsp3) is 0.125. The second-order valence-electron chi connectivity index (χ2n) is 2.70. The third kappa shape index (κ3) is 1.17. The van der Waals surface area contributed by atoms with Gasteiger partial charge in [-0.25, -0.2) is 4.98 Å². The quantitative estimate of drug-likeness (QED) is 0.578. The van der Waals surface area contributed by atoms with Crippen LogP contribution < -0.4 is 4.74 Å². The van der Waals surface area contributed by atoms with Gasteiger partial charge in [0.05, 0.1) is 29.1 Å². The first-order chi connectivity index (χ1) is 6.72. The number of aromatic nitrogens is 2. The summed E-state index contributed by atoms with van der Waals surface area (Å²) in [6, 6.07) is 1.61. The minimum Gasteiger partial charge on any atom is -0.481 e. The van der Waals surface area contributed by atoms with Gasteiger partial charge in [-0.15, -0.1) is 0 Å². The average Bonchev–Trinajstić information content (AvgIpc) is 2.59. The Morgan fingerprint density at radius 3 is 3.07 bits per heavy atom. The summed E-state index contributed by atoms with van der Waals surface area (Å²) in [6.45, 7) is 0. The number of H-pyrrole nitrogens is 1. The Kier molecular flexibility index (Phi) is 1.81. The Hall–Kier alpha value is -2.11. The van der Waals surface area contributed by atoms with Crippen LogP contribution in [0.4, 0.5) is 5.69 Å². The molecule has 6 heteroatoms. The summed E-state index contributed by atoms with van der Waals surface area (Å²) in [6.07, 6.45) is 2.76. The summed E-state index contributed by atoms with van der Waals surface area (Å²) in [7, 11) is 1.49. The topological polar surface area (TPSA) is 81.0 Å². The van der Waals surface area contributed by atoms with Gasteiger partial charge in [0.25, 0.3) is 5.69 Å². The van der Waals surface area contributed by atoms with Gasteiger partial charge in [0.2, 0.25) is 5.88 Å². The van der Waals surface area contributed by atoms with Gasteiger partial charge in [0.1, 0.15) is 0 Å². The number of methoxy groups -OCH3 is 1. The van der Waals surface area contributed by atoms with Crippen LogP contribution in [0, 0.1) is 10.1 Å². The second kappa shape index (κ2) is 2.99. The number of nitrogens with one attached hydrogen (secondary N) is 1. The fourth-order valence-corrected chi connectivity index (χ4v) is 1.25. The molecule has 0 aromatic carbocycles. The summed E-state index contributed by atoms with van der Waals surface area (Å²) in [5.74, 6) is 0.425. The van der Waals surface area contributed by atoms with E-state index in [9.17, 15) is 10.1 Å². The molecule has 0 saturated heterocycles. The van der Waals surface area contributed by atoms with Gasteiger partial charge in [-0.3, -0.25) is 10.1 Å². The molecule has 1 N–H and O–H groups in total. The molecule has 6 nitrogen and oxygen atoms in total. The van der Waals surface area contributed by atoms with Crippen LogP contribution in [0.15, 0.2) is 18.5 Å². The van der Waals surface area contributed by atoms with Gasteiger partial charge in [-0.2, -0.15) is 0 Å². The van der Waals surface area contributed by atoms with Crippen molar-refractivity contribution in [3.8, 4) is 5.88 Å². The molecule has 0 aliphatic carbocycles. The Morgan fingerprint density at radius 1 is 1.64 bits per heavy atom. The Balaban J connectivity index is 2.65. The van der Waals surface area contributed by atoms with E-state index in [1.165, 1.54) is 19.5 Å². The van der Waals surface area contributed by atoms with E-state index in [0.29, 0.717) is 16.8 Å². The van der Waals surface area contributed by atoms with E-state index in [0.717, 1.165) is 0 Å². The summed E-state index contributed by atoms with van der Waals surface area (Å²) < 4.78 is 4.89. The molecular formula is C8H7N3O3. The zero-order chi connectivity index (χ0) is 10.1. The number of fused-ring (bicyclic) bond motifs is 1. The third-order valence-corrected chi connectivity index (χ3v) is 1.93. The van der Waals surface area contributed by atoms with E-state index in [1.807, 2.05) is 0 Å². The molecule has 0 radical (unpaired) electrons. The summed E-state index contributed by atoms with van der Waals surface area (Å²) in [5, 5.41) is 11.0. The van der Waals surface area contributed by atoms with Crippen LogP contribution in [0.2, 0.25) is 0 Å². The van der Waals surface area contributed by atoms with Gasteiger partial charge < -0.3 is 9.72 Å². The lowest BCUT2D eigenvalue weighted by Crippen LogP contribution is -1.88. The maximum absolute atomic E-state index is 10.6. The van der Waals surface area contributed by atoms with Crippen molar-refractivity contribution in [2.45, 2.75) is 0 Å². The zero-order valence-corrected chi connectivity index (χ0v) is 7.35. The van der Waals surface area contributed by atoms with Crippen LogP contribution in [0.3, 0.4) is 0 Å². The van der Waals surface area contributed by atoms with Crippen molar-refractivity contribution in [1.82, 2.24) is 9.97 Å². The number of ether oxygens (including phenoxy) is 1. The zero-order valence-electron chi connectivity index (χ0n) is 7.35. The van der Waals surface area contributed by atoms with Crippen molar-refractivity contribution in [3.05, 3.63) is 28.6 Å². The van der Waals surface area contributed by atoms with Crippen molar-refractivity contribution >= 4 is 16.6 Å². The highest BCUT2D eigenvalue weighted by Crippen LogP contribution is 2.25. The molecule has 0 spiro atoms. The second-order valence-corrected chi connectivity index (χ2v) is 2.70. The molecular weight excluding hydrogens is 186 g/mol. The molecule has 0 bridgehead atoms. The molecule has 2 rings (SSSR count). The minimum absolute atomic E-state index is 0.0233. The van der Waals surface area contributed by atoms with E-state index in [-0.39, 0.29) is 5.69 Å². The van der Waals surface area contributed by atoms with Crippen molar-refractivity contribution in [1.29, 1.82) is 0 Å². The molecule has 0 unspecified atom stereocenters. The highest BCUT2D eigenvalue weighted by Gasteiger charge is 2.14. The number of rotatable bonds is 2. The molecule has 2 heterocycles. The minimum atomic E-state index is -0.451. The standard InChI is InChI=1S/C8H7N3O3/c1-14-8-2-6-5(3-10-8)7(4-9-6)11(12)13/h2-4,9H,1H3. The molecule has 0 atom stereocenters. The SMILES string of the molecule is COc1cc2[nH]cc([N+](=O)[O-])c2cn1. The summed E-state index contributed by atoms with van der Waals surface area (Å²) in [4.78, 5) is 16.8. The lowest BCUT2D eigenvalue weighted by Gasteiger charge is -1.96. The van der Waals surface area contributed by atoms with E-state index in [4.69, 9.17) is 4.74 Å². The Labute approximate surface area is 78.7 Å². The van der Waals surface area contributed by atoms with Crippen molar-refractivity contribution in [3.63, 3.8) is 0 Å². The van der Waals surface area contributed by atoms with Crippen LogP contribution in [0.25, 0.3) is 10.9 Å². The van der Waals surface area contributed by atoms with Crippen LogP contribution in [0.1, 0.15) is 0 Å². The largest absolute Gasteiger partial charge is 0.481 e. The van der Waals surface area contributed by atoms with E-state index in [1.54, 1.807) is 6.07 Å². The molecule has 2 aromatic heterocycles. The van der Waals surface area contributed by atoms with Gasteiger partial charge in [0, 0.05) is 12.3 Å². The first-order valence-electron chi connectivity index (χ1n) is 3.88. The Bertz CT molecular complexity index is 492. The normalized spacial score (nSPS) is 10.4. The predicted molar refractivity (Wildman–Crippen MR) is 49.3 cm³/mol. The lowest BCUT2D eigenvalue weighted by atomic mass is 10.3. The van der Waals surface area contributed by atoms with E-state index >= 15 is 0 Å². The number of hydrogen-bond acceptors (Lipinski definition) is 4. The Morgan fingerprint density at radius 2 is 2.43 bits per heavy atom. The van der Waals surface area contributed by atoms with Crippen molar-refractivity contribution in [2.75, 3.05) is 7.11 Å². The molecule has 0 fully saturated rings. The molecule has 0 amide bonds. The van der Waals surface area contributed by atoms with Gasteiger partial charge in [0.15, 0.2) is 0 Å². The molecule has 2 aromatic rings. The van der Waals surface area contributed by atoms with Gasteiger partial charge in [-0.1, -0.05) is 0 Å². The van der Waals surface area contributed by atoms with Crippen molar-refractivity contribution in [2.24, 2.45) is 0 Å². The highest BCUT2D eigenvalue weighted by atomic mass is 16.6. The first kappa shape index (κ1) is 8.49. The maximum Gasteiger partial charge on any atom is 0.296 e. The summed E-state index contributed by atoms with van der Waals surface area (Å²) in [5.41, 5.74) is 0.665. The number of pyridine rings is 1. The van der Waals surface area contributed by atoms with E-state index in [2.05, 4.69) is 9.97 Å². The van der Waals surface area contributed by atoms with Gasteiger partial charge >= 0.3 is 0 Å². The molecule has 0 aliphatic heterocycles. The first-order valence-corrected chi connectivity index (χ1v) is 3.88. The lowest BCUT2D eigenvalue weighted by molar-refractivity contribution is -0.383. The predicted octanol–water partition coefficient (Wildman–Crippen LogP) is 1.48. The van der Waals surface area contributed by atoms with Crippen LogP contribution in [-0.2, 0) is 0 Å².